The third-order valence-electron chi connectivity index (χ3n) is 4.46. The summed E-state index contributed by atoms with van der Waals surface area (Å²) >= 11 is 0. The van der Waals surface area contributed by atoms with Gasteiger partial charge in [-0.25, -0.2) is 8.42 Å². The number of nitrogens with one attached hydrogen (secondary N) is 1. The first-order chi connectivity index (χ1) is 13.9. The van der Waals surface area contributed by atoms with Gasteiger partial charge < -0.3 is 24.6 Å². The Labute approximate surface area is 168 Å². The van der Waals surface area contributed by atoms with Crippen molar-refractivity contribution in [3.63, 3.8) is 0 Å². The average molecular weight is 422 g/mol. The molecule has 0 unspecified atom stereocenters. The van der Waals surface area contributed by atoms with Crippen molar-refractivity contribution in [2.24, 2.45) is 0 Å². The highest BCUT2D eigenvalue weighted by Crippen LogP contribution is 2.31. The molecule has 2 N–H and O–H groups in total. The smallest absolute Gasteiger partial charge is 0.259 e. The Morgan fingerprint density at radius 1 is 1.07 bits per heavy atom. The zero-order valence-corrected chi connectivity index (χ0v) is 16.9. The molecule has 10 heteroatoms. The summed E-state index contributed by atoms with van der Waals surface area (Å²) in [5.74, 6) is -0.0808. The van der Waals surface area contributed by atoms with Crippen molar-refractivity contribution >= 4 is 21.6 Å². The van der Waals surface area contributed by atoms with E-state index in [-0.39, 0.29) is 29.3 Å². The molecule has 0 aromatic heterocycles. The molecule has 9 nitrogen and oxygen atoms in total. The number of carbonyl (C=O) groups excluding carboxylic acids is 1. The minimum Gasteiger partial charge on any atom is -0.507 e. The summed E-state index contributed by atoms with van der Waals surface area (Å²) in [5, 5.41) is 12.7. The molecule has 2 aromatic carbocycles. The molecule has 0 bridgehead atoms. The molecule has 0 aliphatic carbocycles. The normalized spacial score (nSPS) is 15.0. The van der Waals surface area contributed by atoms with Crippen LogP contribution in [0.2, 0.25) is 0 Å². The molecule has 1 saturated heterocycles. The van der Waals surface area contributed by atoms with Crippen LogP contribution >= 0.6 is 0 Å². The van der Waals surface area contributed by atoms with Gasteiger partial charge in [-0.3, -0.25) is 4.79 Å². The lowest BCUT2D eigenvalue weighted by atomic mass is 10.2. The van der Waals surface area contributed by atoms with E-state index in [1.54, 1.807) is 18.2 Å². The molecule has 29 heavy (non-hydrogen) atoms. The summed E-state index contributed by atoms with van der Waals surface area (Å²) < 4.78 is 42.5. The number of nitrogens with zero attached hydrogens (tertiary/aromatic N) is 1. The molecule has 1 aliphatic heterocycles. The topological polar surface area (TPSA) is 114 Å². The standard InChI is InChI=1S/C19H22N2O7S/c1-26-17-6-3-13(11-18(17)27-2)20-19(23)15-12-14(4-5-16(15)22)29(24,25)21-7-9-28-10-8-21/h3-6,11-12,22H,7-10H2,1-2H3,(H,20,23). The molecule has 1 aliphatic rings. The van der Waals surface area contributed by atoms with Gasteiger partial charge >= 0.3 is 0 Å². The van der Waals surface area contributed by atoms with E-state index in [1.807, 2.05) is 0 Å². The maximum atomic E-state index is 12.8. The van der Waals surface area contributed by atoms with Crippen LogP contribution in [-0.2, 0) is 14.8 Å². The van der Waals surface area contributed by atoms with Crippen molar-refractivity contribution in [2.75, 3.05) is 45.8 Å². The van der Waals surface area contributed by atoms with Crippen molar-refractivity contribution in [1.29, 1.82) is 0 Å². The van der Waals surface area contributed by atoms with Gasteiger partial charge in [0.05, 0.1) is 37.9 Å². The van der Waals surface area contributed by atoms with Crippen LogP contribution in [0, 0.1) is 0 Å². The van der Waals surface area contributed by atoms with Crippen LogP contribution in [0.1, 0.15) is 10.4 Å². The van der Waals surface area contributed by atoms with Gasteiger partial charge in [0.15, 0.2) is 11.5 Å². The van der Waals surface area contributed by atoms with Gasteiger partial charge in [0.25, 0.3) is 5.91 Å². The lowest BCUT2D eigenvalue weighted by molar-refractivity contribution is 0.0730. The van der Waals surface area contributed by atoms with Gasteiger partial charge in [0.1, 0.15) is 5.75 Å². The number of methoxy groups -OCH3 is 2. The average Bonchev–Trinajstić information content (AvgIpc) is 2.74. The van der Waals surface area contributed by atoms with E-state index < -0.39 is 15.9 Å². The highest BCUT2D eigenvalue weighted by atomic mass is 32.2. The fourth-order valence-electron chi connectivity index (χ4n) is 2.91. The van der Waals surface area contributed by atoms with Gasteiger partial charge in [0, 0.05) is 24.8 Å². The Kier molecular flexibility index (Phi) is 6.26. The number of carbonyl (C=O) groups is 1. The molecular weight excluding hydrogens is 400 g/mol. The molecule has 1 heterocycles. The molecule has 0 saturated carbocycles. The maximum absolute atomic E-state index is 12.8. The number of anilines is 1. The van der Waals surface area contributed by atoms with E-state index in [0.717, 1.165) is 6.07 Å². The SMILES string of the molecule is COc1ccc(NC(=O)c2cc(S(=O)(=O)N3CCOCC3)ccc2O)cc1OC. The van der Waals surface area contributed by atoms with E-state index in [1.165, 1.54) is 30.7 Å². The first kappa shape index (κ1) is 20.9. The molecular formula is C19H22N2O7S. The zero-order chi connectivity index (χ0) is 21.0. The van der Waals surface area contributed by atoms with Crippen LogP contribution in [0.3, 0.4) is 0 Å². The van der Waals surface area contributed by atoms with Crippen molar-refractivity contribution in [3.8, 4) is 17.2 Å². The van der Waals surface area contributed by atoms with E-state index in [4.69, 9.17) is 14.2 Å². The number of phenolic OH excluding ortho intramolecular Hbond substituents is 1. The number of rotatable bonds is 6. The molecule has 3 rings (SSSR count). The van der Waals surface area contributed by atoms with E-state index in [9.17, 15) is 18.3 Å². The lowest BCUT2D eigenvalue weighted by Gasteiger charge is -2.26. The van der Waals surface area contributed by atoms with Crippen LogP contribution < -0.4 is 14.8 Å². The Morgan fingerprint density at radius 2 is 1.76 bits per heavy atom. The highest BCUT2D eigenvalue weighted by molar-refractivity contribution is 7.89. The number of amides is 1. The lowest BCUT2D eigenvalue weighted by Crippen LogP contribution is -2.40. The second kappa shape index (κ2) is 8.68. The predicted octanol–water partition coefficient (Wildman–Crippen LogP) is 1.68. The van der Waals surface area contributed by atoms with Crippen LogP contribution in [0.15, 0.2) is 41.3 Å². The van der Waals surface area contributed by atoms with Gasteiger partial charge in [-0.05, 0) is 30.3 Å². The van der Waals surface area contributed by atoms with Gasteiger partial charge in [0.2, 0.25) is 10.0 Å². The molecule has 1 amide bonds. The molecule has 2 aromatic rings. The van der Waals surface area contributed by atoms with Crippen molar-refractivity contribution in [3.05, 3.63) is 42.0 Å². The Hall–Kier alpha value is -2.82. The summed E-state index contributed by atoms with van der Waals surface area (Å²) in [7, 11) is -0.840. The molecule has 0 atom stereocenters. The predicted molar refractivity (Wildman–Crippen MR) is 105 cm³/mol. The maximum Gasteiger partial charge on any atom is 0.259 e. The minimum absolute atomic E-state index is 0.0744. The van der Waals surface area contributed by atoms with Crippen molar-refractivity contribution < 1.29 is 32.5 Å². The number of hydrogen-bond acceptors (Lipinski definition) is 7. The second-order valence-corrected chi connectivity index (χ2v) is 8.16. The molecule has 156 valence electrons. The van der Waals surface area contributed by atoms with Crippen LogP contribution in [0.4, 0.5) is 5.69 Å². The monoisotopic (exact) mass is 422 g/mol. The Balaban J connectivity index is 1.87. The highest BCUT2D eigenvalue weighted by Gasteiger charge is 2.27. The van der Waals surface area contributed by atoms with Crippen molar-refractivity contribution in [2.45, 2.75) is 4.90 Å². The second-order valence-electron chi connectivity index (χ2n) is 6.22. The Morgan fingerprint density at radius 3 is 2.41 bits per heavy atom. The summed E-state index contributed by atoms with van der Waals surface area (Å²) in [6.07, 6.45) is 0. The van der Waals surface area contributed by atoms with Gasteiger partial charge in [-0.15, -0.1) is 0 Å². The first-order valence-electron chi connectivity index (χ1n) is 8.81. The third-order valence-corrected chi connectivity index (χ3v) is 6.36. The van der Waals surface area contributed by atoms with E-state index in [0.29, 0.717) is 30.4 Å². The van der Waals surface area contributed by atoms with Gasteiger partial charge in [-0.2, -0.15) is 4.31 Å². The van der Waals surface area contributed by atoms with Gasteiger partial charge in [-0.1, -0.05) is 0 Å². The summed E-state index contributed by atoms with van der Waals surface area (Å²) in [4.78, 5) is 12.6. The summed E-state index contributed by atoms with van der Waals surface area (Å²) in [6.45, 7) is 1.08. The number of phenols is 1. The van der Waals surface area contributed by atoms with Crippen LogP contribution in [-0.4, -0.2) is 64.3 Å². The molecule has 0 radical (unpaired) electrons. The zero-order valence-electron chi connectivity index (χ0n) is 16.0. The third kappa shape index (κ3) is 4.44. The van der Waals surface area contributed by atoms with Crippen LogP contribution in [0.5, 0.6) is 17.2 Å². The number of aromatic hydroxyl groups is 1. The van der Waals surface area contributed by atoms with E-state index >= 15 is 0 Å². The van der Waals surface area contributed by atoms with Crippen LogP contribution in [0.25, 0.3) is 0 Å². The number of sulfonamides is 1. The number of hydrogen-bond donors (Lipinski definition) is 2. The number of ether oxygens (including phenoxy) is 3. The minimum atomic E-state index is -3.80. The fourth-order valence-corrected chi connectivity index (χ4v) is 4.34. The van der Waals surface area contributed by atoms with E-state index in [2.05, 4.69) is 5.32 Å². The first-order valence-corrected chi connectivity index (χ1v) is 10.2. The largest absolute Gasteiger partial charge is 0.507 e. The van der Waals surface area contributed by atoms with Crippen molar-refractivity contribution in [1.82, 2.24) is 4.31 Å². The quantitative estimate of drug-likeness (QED) is 0.728. The fraction of sp³-hybridized carbons (Fsp3) is 0.316. The summed E-state index contributed by atoms with van der Waals surface area (Å²) in [6, 6.07) is 8.40. The summed E-state index contributed by atoms with van der Waals surface area (Å²) in [5.41, 5.74) is 0.239. The number of benzene rings is 2. The Bertz CT molecular complexity index is 1000. The number of morpholine rings is 1. The molecule has 0 spiro atoms. The molecule has 1 fully saturated rings.